The van der Waals surface area contributed by atoms with E-state index in [9.17, 15) is 4.79 Å². The molecule has 1 aliphatic heterocycles. The zero-order valence-electron chi connectivity index (χ0n) is 11.1. The molecule has 19 heavy (non-hydrogen) atoms. The quantitative estimate of drug-likeness (QED) is 0.903. The van der Waals surface area contributed by atoms with Gasteiger partial charge in [-0.2, -0.15) is 0 Å². The monoisotopic (exact) mass is 283 g/mol. The minimum atomic E-state index is -0.693. The van der Waals surface area contributed by atoms with E-state index in [1.807, 2.05) is 18.2 Å². The molecule has 4 heteroatoms. The average Bonchev–Trinajstić information content (AvgIpc) is 2.40. The van der Waals surface area contributed by atoms with Gasteiger partial charge in [0.15, 0.2) is 0 Å². The van der Waals surface area contributed by atoms with Gasteiger partial charge in [0.2, 0.25) is 0 Å². The maximum Gasteiger partial charge on any atom is 0.304 e. The fourth-order valence-electron chi connectivity index (χ4n) is 2.70. The molecule has 1 saturated heterocycles. The third kappa shape index (κ3) is 5.21. The van der Waals surface area contributed by atoms with Gasteiger partial charge in [0.25, 0.3) is 0 Å². The summed E-state index contributed by atoms with van der Waals surface area (Å²) in [4.78, 5) is 13.4. The Labute approximate surface area is 121 Å². The van der Waals surface area contributed by atoms with Crippen molar-refractivity contribution in [3.63, 3.8) is 0 Å². The molecule has 0 aromatic heterocycles. The smallest absolute Gasteiger partial charge is 0.304 e. The summed E-state index contributed by atoms with van der Waals surface area (Å²) in [5, 5.41) is 9.07. The van der Waals surface area contributed by atoms with Crippen molar-refractivity contribution >= 4 is 18.4 Å². The van der Waals surface area contributed by atoms with Crippen LogP contribution in [0.3, 0.4) is 0 Å². The van der Waals surface area contributed by atoms with Crippen LogP contribution in [0.5, 0.6) is 0 Å². The van der Waals surface area contributed by atoms with E-state index >= 15 is 0 Å². The predicted octanol–water partition coefficient (Wildman–Crippen LogP) is 2.98. The number of piperidine rings is 1. The summed E-state index contributed by atoms with van der Waals surface area (Å²) in [6.07, 6.45) is 4.76. The van der Waals surface area contributed by atoms with E-state index in [0.717, 1.165) is 19.5 Å². The Bertz CT molecular complexity index is 377. The van der Waals surface area contributed by atoms with Crippen LogP contribution in [-0.4, -0.2) is 35.1 Å². The number of rotatable bonds is 5. The van der Waals surface area contributed by atoms with Crippen LogP contribution < -0.4 is 0 Å². The first kappa shape index (κ1) is 16.0. The van der Waals surface area contributed by atoms with Crippen molar-refractivity contribution < 1.29 is 9.90 Å². The van der Waals surface area contributed by atoms with E-state index in [1.165, 1.54) is 24.8 Å². The fraction of sp³-hybridized carbons (Fsp3) is 0.533. The Balaban J connectivity index is 0.00000180. The first-order valence-corrected chi connectivity index (χ1v) is 6.75. The van der Waals surface area contributed by atoms with Crippen molar-refractivity contribution in [3.8, 4) is 0 Å². The molecule has 0 radical (unpaired) electrons. The zero-order chi connectivity index (χ0) is 12.8. The topological polar surface area (TPSA) is 40.5 Å². The highest BCUT2D eigenvalue weighted by Gasteiger charge is 2.23. The Morgan fingerprint density at radius 3 is 2.37 bits per heavy atom. The molecule has 1 unspecified atom stereocenters. The lowest BCUT2D eigenvalue weighted by molar-refractivity contribution is -0.138. The van der Waals surface area contributed by atoms with Gasteiger partial charge in [-0.25, -0.2) is 0 Å². The van der Waals surface area contributed by atoms with Gasteiger partial charge in [0.05, 0.1) is 6.42 Å². The van der Waals surface area contributed by atoms with Gasteiger partial charge in [-0.15, -0.1) is 12.4 Å². The number of carboxylic acid groups (broad SMARTS) is 1. The molecule has 1 fully saturated rings. The number of carbonyl (C=O) groups is 1. The molecular formula is C15H22ClNO2. The summed E-state index contributed by atoms with van der Waals surface area (Å²) in [7, 11) is 0. The molecule has 1 heterocycles. The van der Waals surface area contributed by atoms with Gasteiger partial charge in [0, 0.05) is 6.04 Å². The van der Waals surface area contributed by atoms with Gasteiger partial charge < -0.3 is 5.11 Å². The Morgan fingerprint density at radius 2 is 1.79 bits per heavy atom. The lowest BCUT2D eigenvalue weighted by atomic mass is 9.99. The minimum Gasteiger partial charge on any atom is -0.481 e. The van der Waals surface area contributed by atoms with Crippen molar-refractivity contribution in [2.75, 3.05) is 13.1 Å². The van der Waals surface area contributed by atoms with Gasteiger partial charge in [-0.3, -0.25) is 9.69 Å². The van der Waals surface area contributed by atoms with Gasteiger partial charge >= 0.3 is 5.97 Å². The van der Waals surface area contributed by atoms with Crippen molar-refractivity contribution in [3.05, 3.63) is 35.9 Å². The third-order valence-electron chi connectivity index (χ3n) is 3.63. The molecule has 0 amide bonds. The average molecular weight is 284 g/mol. The second-order valence-corrected chi connectivity index (χ2v) is 5.04. The molecule has 0 bridgehead atoms. The predicted molar refractivity (Wildman–Crippen MR) is 78.9 cm³/mol. The Hall–Kier alpha value is -1.06. The largest absolute Gasteiger partial charge is 0.481 e. The van der Waals surface area contributed by atoms with E-state index in [0.29, 0.717) is 0 Å². The molecule has 1 aromatic carbocycles. The first-order valence-electron chi connectivity index (χ1n) is 6.75. The molecule has 1 aliphatic rings. The van der Waals surface area contributed by atoms with Crippen molar-refractivity contribution in [1.82, 2.24) is 4.90 Å². The Morgan fingerprint density at radius 1 is 1.16 bits per heavy atom. The number of carboxylic acids is 1. The molecule has 3 nitrogen and oxygen atoms in total. The number of hydrogen-bond acceptors (Lipinski definition) is 2. The summed E-state index contributed by atoms with van der Waals surface area (Å²) in [5.74, 6) is -0.693. The normalized spacial score (nSPS) is 17.5. The van der Waals surface area contributed by atoms with Crippen LogP contribution in [0.4, 0.5) is 0 Å². The van der Waals surface area contributed by atoms with Crippen LogP contribution in [0, 0.1) is 0 Å². The van der Waals surface area contributed by atoms with Crippen molar-refractivity contribution in [2.24, 2.45) is 0 Å². The number of nitrogens with zero attached hydrogens (tertiary/aromatic N) is 1. The van der Waals surface area contributed by atoms with E-state index in [-0.39, 0.29) is 24.9 Å². The van der Waals surface area contributed by atoms with Crippen LogP contribution in [0.1, 0.15) is 31.2 Å². The van der Waals surface area contributed by atoms with Crippen LogP contribution in [0.2, 0.25) is 0 Å². The maximum absolute atomic E-state index is 11.0. The van der Waals surface area contributed by atoms with Crippen molar-refractivity contribution in [2.45, 2.75) is 38.1 Å². The highest BCUT2D eigenvalue weighted by Crippen LogP contribution is 2.18. The van der Waals surface area contributed by atoms with Crippen LogP contribution in [0.15, 0.2) is 30.3 Å². The highest BCUT2D eigenvalue weighted by atomic mass is 35.5. The molecule has 1 N–H and O–H groups in total. The van der Waals surface area contributed by atoms with E-state index < -0.39 is 5.97 Å². The molecular weight excluding hydrogens is 262 g/mol. The number of halogens is 1. The minimum absolute atomic E-state index is 0. The third-order valence-corrected chi connectivity index (χ3v) is 3.63. The summed E-state index contributed by atoms with van der Waals surface area (Å²) in [6, 6.07) is 10.3. The maximum atomic E-state index is 11.0. The Kier molecular flexibility index (Phi) is 6.89. The summed E-state index contributed by atoms with van der Waals surface area (Å²) < 4.78 is 0. The number of benzene rings is 1. The molecule has 0 spiro atoms. The van der Waals surface area contributed by atoms with Gasteiger partial charge in [-0.05, 0) is 37.9 Å². The lowest BCUT2D eigenvalue weighted by Gasteiger charge is -2.34. The first-order chi connectivity index (χ1) is 8.75. The molecule has 106 valence electrons. The highest BCUT2D eigenvalue weighted by molar-refractivity contribution is 5.85. The summed E-state index contributed by atoms with van der Waals surface area (Å²) in [6.45, 7) is 2.09. The number of aliphatic carboxylic acids is 1. The van der Waals surface area contributed by atoms with Crippen LogP contribution >= 0.6 is 12.4 Å². The molecule has 2 rings (SSSR count). The number of hydrogen-bond donors (Lipinski definition) is 1. The SMILES string of the molecule is Cl.O=C(O)CC(Cc1ccccc1)N1CCCCC1. The van der Waals surface area contributed by atoms with Gasteiger partial charge in [-0.1, -0.05) is 36.8 Å². The lowest BCUT2D eigenvalue weighted by Crippen LogP contribution is -2.41. The molecule has 0 saturated carbocycles. The van der Waals surface area contributed by atoms with Crippen molar-refractivity contribution in [1.29, 1.82) is 0 Å². The number of likely N-dealkylation sites (tertiary alicyclic amines) is 1. The second kappa shape index (κ2) is 8.18. The van der Waals surface area contributed by atoms with Crippen LogP contribution in [0.25, 0.3) is 0 Å². The van der Waals surface area contributed by atoms with E-state index in [4.69, 9.17) is 5.11 Å². The summed E-state index contributed by atoms with van der Waals surface area (Å²) in [5.41, 5.74) is 1.23. The molecule has 1 aromatic rings. The molecule has 1 atom stereocenters. The standard InChI is InChI=1S/C15H21NO2.ClH/c17-15(18)12-14(16-9-5-2-6-10-16)11-13-7-3-1-4-8-13;/h1,3-4,7-8,14H,2,5-6,9-12H2,(H,17,18);1H. The fourth-order valence-corrected chi connectivity index (χ4v) is 2.70. The van der Waals surface area contributed by atoms with E-state index in [1.54, 1.807) is 0 Å². The zero-order valence-corrected chi connectivity index (χ0v) is 11.9. The summed E-state index contributed by atoms with van der Waals surface area (Å²) >= 11 is 0. The molecule has 0 aliphatic carbocycles. The van der Waals surface area contributed by atoms with Gasteiger partial charge in [0.1, 0.15) is 0 Å². The van der Waals surface area contributed by atoms with E-state index in [2.05, 4.69) is 17.0 Å². The second-order valence-electron chi connectivity index (χ2n) is 5.04. The van der Waals surface area contributed by atoms with Crippen LogP contribution in [-0.2, 0) is 11.2 Å².